The molecular formula is C11H13F5Si. The summed E-state index contributed by atoms with van der Waals surface area (Å²) in [5, 5.41) is 0. The third-order valence-electron chi connectivity index (χ3n) is 2.58. The van der Waals surface area contributed by atoms with Crippen LogP contribution in [0.25, 0.3) is 0 Å². The molecule has 1 aromatic carbocycles. The smallest absolute Gasteiger partial charge is 0.216 e. The highest BCUT2D eigenvalue weighted by Gasteiger charge is 2.47. The van der Waals surface area contributed by atoms with Gasteiger partial charge >= 0.3 is 6.18 Å². The zero-order valence-electron chi connectivity index (χ0n) is 9.27. The summed E-state index contributed by atoms with van der Waals surface area (Å²) in [6.45, 7) is 1.11. The number of halogens is 5. The van der Waals surface area contributed by atoms with E-state index in [4.69, 9.17) is 0 Å². The summed E-state index contributed by atoms with van der Waals surface area (Å²) in [7, 11) is -3.66. The number of alkyl halides is 5. The maximum Gasteiger partial charge on any atom is 0.387 e. The van der Waals surface area contributed by atoms with Crippen molar-refractivity contribution in [2.75, 3.05) is 0 Å². The second-order valence-corrected chi connectivity index (χ2v) is 8.86. The molecule has 0 bridgehead atoms. The molecule has 0 saturated carbocycles. The summed E-state index contributed by atoms with van der Waals surface area (Å²) in [5.41, 5.74) is 0.547. The van der Waals surface area contributed by atoms with Crippen LogP contribution in [0.5, 0.6) is 0 Å². The van der Waals surface area contributed by atoms with Gasteiger partial charge in [0.1, 0.15) is 8.07 Å². The Bertz CT molecular complexity index is 349. The molecule has 0 aliphatic heterocycles. The first-order valence-electron chi connectivity index (χ1n) is 5.12. The van der Waals surface area contributed by atoms with Crippen LogP contribution in [0.1, 0.15) is 5.56 Å². The van der Waals surface area contributed by atoms with Gasteiger partial charge in [0.05, 0.1) is 0 Å². The van der Waals surface area contributed by atoms with Crippen LogP contribution >= 0.6 is 0 Å². The zero-order chi connectivity index (χ0) is 13.1. The summed E-state index contributed by atoms with van der Waals surface area (Å²) < 4.78 is 62.7. The lowest BCUT2D eigenvalue weighted by Crippen LogP contribution is -2.46. The predicted octanol–water partition coefficient (Wildman–Crippen LogP) is 4.21. The molecule has 0 aliphatic rings. The average molecular weight is 268 g/mol. The lowest BCUT2D eigenvalue weighted by Gasteiger charge is -2.27. The molecule has 17 heavy (non-hydrogen) atoms. The molecule has 0 N–H and O–H groups in total. The van der Waals surface area contributed by atoms with E-state index < -0.39 is 26.3 Å². The Morgan fingerprint density at radius 2 is 1.65 bits per heavy atom. The number of benzene rings is 1. The molecule has 6 heteroatoms. The molecule has 0 radical (unpaired) electrons. The fourth-order valence-electron chi connectivity index (χ4n) is 1.74. The Labute approximate surface area is 97.5 Å². The van der Waals surface area contributed by atoms with Gasteiger partial charge in [-0.05, 0) is 6.04 Å². The van der Waals surface area contributed by atoms with Crippen molar-refractivity contribution in [3.05, 3.63) is 35.9 Å². The van der Waals surface area contributed by atoms with E-state index in [2.05, 4.69) is 0 Å². The molecule has 0 spiro atoms. The van der Waals surface area contributed by atoms with Crippen LogP contribution in [0, 0.1) is 0 Å². The minimum atomic E-state index is -4.52. The van der Waals surface area contributed by atoms with Crippen molar-refractivity contribution in [3.63, 3.8) is 0 Å². The van der Waals surface area contributed by atoms with Gasteiger partial charge in [0, 0.05) is 6.04 Å². The van der Waals surface area contributed by atoms with Gasteiger partial charge < -0.3 is 0 Å². The normalized spacial score (nSPS) is 15.9. The zero-order valence-corrected chi connectivity index (χ0v) is 10.3. The van der Waals surface area contributed by atoms with Crippen LogP contribution in [0.3, 0.4) is 0 Å². The van der Waals surface area contributed by atoms with E-state index in [0.717, 1.165) is 6.55 Å². The van der Waals surface area contributed by atoms with Gasteiger partial charge in [-0.25, -0.2) is 8.78 Å². The summed E-state index contributed by atoms with van der Waals surface area (Å²) in [6, 6.07) is 3.80. The fourth-order valence-corrected chi connectivity index (χ4v) is 4.25. The maximum atomic E-state index is 12.9. The minimum Gasteiger partial charge on any atom is -0.216 e. The molecular weight excluding hydrogens is 255 g/mol. The Hall–Kier alpha value is -0.913. The van der Waals surface area contributed by atoms with E-state index in [9.17, 15) is 22.0 Å². The van der Waals surface area contributed by atoms with Crippen molar-refractivity contribution in [1.29, 1.82) is 0 Å². The summed E-state index contributed by atoms with van der Waals surface area (Å²) in [6.07, 6.45) is -4.52. The van der Waals surface area contributed by atoms with E-state index in [0.29, 0.717) is 5.56 Å². The maximum absolute atomic E-state index is 12.9. The molecule has 1 aromatic rings. The Kier molecular flexibility index (Phi) is 4.29. The molecule has 1 unspecified atom stereocenters. The molecule has 0 fully saturated rings. The summed E-state index contributed by atoms with van der Waals surface area (Å²) in [5.74, 6) is 0. The van der Waals surface area contributed by atoms with Gasteiger partial charge in [0.25, 0.3) is 0 Å². The molecule has 1 rings (SSSR count). The minimum absolute atomic E-state index is 0.148. The van der Waals surface area contributed by atoms with Crippen molar-refractivity contribution < 1.29 is 22.0 Å². The second kappa shape index (κ2) is 5.16. The highest BCUT2D eigenvalue weighted by molar-refractivity contribution is 6.79. The molecule has 0 aliphatic carbocycles. The third kappa shape index (κ3) is 4.45. The topological polar surface area (TPSA) is 0 Å². The van der Waals surface area contributed by atoms with Crippen LogP contribution in [0.2, 0.25) is 12.6 Å². The SMILES string of the molecule is C[Si](Cc1ccccc1)(CC(F)(F)F)C(F)F. The largest absolute Gasteiger partial charge is 0.387 e. The molecule has 1 atom stereocenters. The average Bonchev–Trinajstić information content (AvgIpc) is 2.15. The van der Waals surface area contributed by atoms with Crippen LogP contribution in [0.15, 0.2) is 30.3 Å². The van der Waals surface area contributed by atoms with Crippen LogP contribution < -0.4 is 0 Å². The lowest BCUT2D eigenvalue weighted by molar-refractivity contribution is -0.112. The first kappa shape index (κ1) is 14.1. The molecule has 0 saturated heterocycles. The third-order valence-corrected chi connectivity index (χ3v) is 6.06. The molecule has 0 amide bonds. The Morgan fingerprint density at radius 1 is 1.12 bits per heavy atom. The second-order valence-electron chi connectivity index (χ2n) is 4.41. The van der Waals surface area contributed by atoms with Gasteiger partial charge in [-0.1, -0.05) is 42.4 Å². The van der Waals surface area contributed by atoms with Gasteiger partial charge in [-0.2, -0.15) is 13.2 Å². The van der Waals surface area contributed by atoms with E-state index >= 15 is 0 Å². The van der Waals surface area contributed by atoms with Crippen molar-refractivity contribution in [2.45, 2.75) is 30.9 Å². The van der Waals surface area contributed by atoms with Crippen LogP contribution in [-0.4, -0.2) is 20.3 Å². The van der Waals surface area contributed by atoms with E-state index in [1.54, 1.807) is 30.3 Å². The summed E-state index contributed by atoms with van der Waals surface area (Å²) >= 11 is 0. The van der Waals surface area contributed by atoms with Gasteiger partial charge in [0.2, 0.25) is 6.05 Å². The Morgan fingerprint density at radius 3 is 2.06 bits per heavy atom. The van der Waals surface area contributed by atoms with Crippen molar-refractivity contribution >= 4 is 8.07 Å². The number of hydrogen-bond donors (Lipinski definition) is 0. The quantitative estimate of drug-likeness (QED) is 0.566. The lowest BCUT2D eigenvalue weighted by atomic mass is 10.2. The molecule has 0 heterocycles. The van der Waals surface area contributed by atoms with Gasteiger partial charge in [-0.3, -0.25) is 0 Å². The van der Waals surface area contributed by atoms with Crippen molar-refractivity contribution in [2.24, 2.45) is 0 Å². The summed E-state index contributed by atoms with van der Waals surface area (Å²) in [4.78, 5) is 0. The molecule has 96 valence electrons. The standard InChI is InChI=1S/C11H13F5Si/c1-17(10(12)13,8-11(14,15)16)7-9-5-3-2-4-6-9/h2-6,10H,7-8H2,1H3. The number of rotatable bonds is 4. The molecule has 0 nitrogen and oxygen atoms in total. The first-order chi connectivity index (χ1) is 7.73. The monoisotopic (exact) mass is 268 g/mol. The van der Waals surface area contributed by atoms with Gasteiger partial charge in [0.15, 0.2) is 0 Å². The van der Waals surface area contributed by atoms with Gasteiger partial charge in [-0.15, -0.1) is 0 Å². The fraction of sp³-hybridized carbons (Fsp3) is 0.455. The van der Waals surface area contributed by atoms with Crippen LogP contribution in [-0.2, 0) is 6.04 Å². The van der Waals surface area contributed by atoms with E-state index in [1.807, 2.05) is 0 Å². The molecule has 0 aromatic heterocycles. The van der Waals surface area contributed by atoms with Crippen molar-refractivity contribution in [1.82, 2.24) is 0 Å². The highest BCUT2D eigenvalue weighted by atomic mass is 28.3. The first-order valence-corrected chi connectivity index (χ1v) is 8.11. The van der Waals surface area contributed by atoms with E-state index in [1.165, 1.54) is 0 Å². The van der Waals surface area contributed by atoms with E-state index in [-0.39, 0.29) is 6.04 Å². The van der Waals surface area contributed by atoms with Crippen molar-refractivity contribution in [3.8, 4) is 0 Å². The van der Waals surface area contributed by atoms with Crippen LogP contribution in [0.4, 0.5) is 22.0 Å². The Balaban J connectivity index is 2.86. The predicted molar refractivity (Wildman–Crippen MR) is 58.6 cm³/mol. The number of hydrogen-bond acceptors (Lipinski definition) is 0. The highest BCUT2D eigenvalue weighted by Crippen LogP contribution is 2.33.